The van der Waals surface area contributed by atoms with E-state index in [1.165, 1.54) is 18.4 Å². The Balaban J connectivity index is 1.74. The van der Waals surface area contributed by atoms with Gasteiger partial charge in [-0.15, -0.1) is 0 Å². The summed E-state index contributed by atoms with van der Waals surface area (Å²) in [5.74, 6) is 0.930. The van der Waals surface area contributed by atoms with Gasteiger partial charge >= 0.3 is 0 Å². The van der Waals surface area contributed by atoms with Crippen LogP contribution in [0.5, 0.6) is 5.75 Å². The second-order valence-electron chi connectivity index (χ2n) is 4.92. The van der Waals surface area contributed by atoms with E-state index < -0.39 is 0 Å². The number of nitrogens with two attached hydrogens (primary N) is 1. The van der Waals surface area contributed by atoms with E-state index in [-0.39, 0.29) is 0 Å². The molecule has 2 N–H and O–H groups in total. The monoisotopic (exact) mass is 327 g/mol. The first kappa shape index (κ1) is 14.8. The molecule has 19 heavy (non-hydrogen) atoms. The molecule has 0 aromatic heterocycles. The van der Waals surface area contributed by atoms with Gasteiger partial charge in [-0.3, -0.25) is 0 Å². The average molecular weight is 328 g/mol. The number of ether oxygens (including phenoxy) is 2. The standard InChI is InChI=1S/C15H22BrNO2/c16-15-6-5-14(11-12(15)7-8-17)19-10-2-4-13-3-1-9-18-13/h5-6,11,13H,1-4,7-10,17H2. The lowest BCUT2D eigenvalue weighted by Crippen LogP contribution is -2.08. The Labute approximate surface area is 123 Å². The molecule has 0 amide bonds. The lowest BCUT2D eigenvalue weighted by molar-refractivity contribution is 0.0981. The van der Waals surface area contributed by atoms with Crippen molar-refractivity contribution in [1.29, 1.82) is 0 Å². The van der Waals surface area contributed by atoms with Crippen molar-refractivity contribution in [1.82, 2.24) is 0 Å². The van der Waals surface area contributed by atoms with Crippen molar-refractivity contribution in [3.05, 3.63) is 28.2 Å². The van der Waals surface area contributed by atoms with Gasteiger partial charge in [0, 0.05) is 11.1 Å². The van der Waals surface area contributed by atoms with Crippen LogP contribution >= 0.6 is 15.9 Å². The van der Waals surface area contributed by atoms with Gasteiger partial charge in [-0.2, -0.15) is 0 Å². The Kier molecular flexibility index (Phi) is 6.14. The quantitative estimate of drug-likeness (QED) is 0.781. The van der Waals surface area contributed by atoms with Gasteiger partial charge in [-0.1, -0.05) is 15.9 Å². The molecule has 1 aromatic carbocycles. The molecule has 1 atom stereocenters. The molecule has 0 spiro atoms. The van der Waals surface area contributed by atoms with Crippen molar-refractivity contribution in [2.75, 3.05) is 19.8 Å². The zero-order chi connectivity index (χ0) is 13.5. The number of hydrogen-bond donors (Lipinski definition) is 1. The summed E-state index contributed by atoms with van der Waals surface area (Å²) in [4.78, 5) is 0. The molecule has 0 saturated carbocycles. The van der Waals surface area contributed by atoms with Gasteiger partial charge in [0.25, 0.3) is 0 Å². The molecule has 0 radical (unpaired) electrons. The first-order chi connectivity index (χ1) is 9.29. The minimum absolute atomic E-state index is 0.460. The fraction of sp³-hybridized carbons (Fsp3) is 0.600. The maximum absolute atomic E-state index is 5.79. The Bertz CT molecular complexity index is 392. The number of halogens is 1. The van der Waals surface area contributed by atoms with Crippen LogP contribution in [0.1, 0.15) is 31.2 Å². The van der Waals surface area contributed by atoms with E-state index in [1.54, 1.807) is 0 Å². The highest BCUT2D eigenvalue weighted by Gasteiger charge is 2.14. The van der Waals surface area contributed by atoms with Crippen LogP contribution in [0.4, 0.5) is 0 Å². The van der Waals surface area contributed by atoms with Crippen LogP contribution in [0.3, 0.4) is 0 Å². The summed E-state index contributed by atoms with van der Waals surface area (Å²) in [7, 11) is 0. The molecule has 1 aliphatic rings. The molecule has 0 aliphatic carbocycles. The second kappa shape index (κ2) is 7.88. The summed E-state index contributed by atoms with van der Waals surface area (Å²) in [6.07, 6.45) is 5.90. The predicted molar refractivity (Wildman–Crippen MR) is 80.6 cm³/mol. The third-order valence-corrected chi connectivity index (χ3v) is 4.17. The molecule has 1 fully saturated rings. The summed E-state index contributed by atoms with van der Waals surface area (Å²) in [5.41, 5.74) is 6.80. The van der Waals surface area contributed by atoms with Gasteiger partial charge in [0.1, 0.15) is 5.75 Å². The van der Waals surface area contributed by atoms with Crippen molar-refractivity contribution >= 4 is 15.9 Å². The first-order valence-corrected chi connectivity index (χ1v) is 7.82. The minimum atomic E-state index is 0.460. The van der Waals surface area contributed by atoms with E-state index in [0.29, 0.717) is 12.6 Å². The molecule has 1 saturated heterocycles. The molecule has 1 aromatic rings. The second-order valence-corrected chi connectivity index (χ2v) is 5.77. The third-order valence-electron chi connectivity index (χ3n) is 3.39. The Morgan fingerprint density at radius 1 is 1.42 bits per heavy atom. The van der Waals surface area contributed by atoms with Crippen molar-refractivity contribution in [2.24, 2.45) is 5.73 Å². The number of rotatable bonds is 7. The Morgan fingerprint density at radius 2 is 2.32 bits per heavy atom. The maximum Gasteiger partial charge on any atom is 0.119 e. The lowest BCUT2D eigenvalue weighted by Gasteiger charge is -2.11. The normalized spacial score (nSPS) is 18.7. The summed E-state index contributed by atoms with van der Waals surface area (Å²) >= 11 is 3.53. The van der Waals surface area contributed by atoms with Gasteiger partial charge in [-0.05, 0) is 62.4 Å². The van der Waals surface area contributed by atoms with Crippen LogP contribution in [0, 0.1) is 0 Å². The zero-order valence-corrected chi connectivity index (χ0v) is 12.8. The highest BCUT2D eigenvalue weighted by atomic mass is 79.9. The van der Waals surface area contributed by atoms with Crippen LogP contribution in [-0.2, 0) is 11.2 Å². The van der Waals surface area contributed by atoms with E-state index in [2.05, 4.69) is 22.0 Å². The maximum atomic E-state index is 5.79. The number of benzene rings is 1. The van der Waals surface area contributed by atoms with E-state index in [4.69, 9.17) is 15.2 Å². The SMILES string of the molecule is NCCc1cc(OCCCC2CCCO2)ccc1Br. The van der Waals surface area contributed by atoms with E-state index in [1.807, 2.05) is 12.1 Å². The molecule has 0 bridgehead atoms. The van der Waals surface area contributed by atoms with Crippen LogP contribution in [0.25, 0.3) is 0 Å². The van der Waals surface area contributed by atoms with E-state index >= 15 is 0 Å². The largest absolute Gasteiger partial charge is 0.494 e. The molecule has 2 rings (SSSR count). The first-order valence-electron chi connectivity index (χ1n) is 7.02. The van der Waals surface area contributed by atoms with Crippen molar-refractivity contribution < 1.29 is 9.47 Å². The van der Waals surface area contributed by atoms with E-state index in [0.717, 1.165) is 42.7 Å². The third kappa shape index (κ3) is 4.79. The average Bonchev–Trinajstić information content (AvgIpc) is 2.92. The van der Waals surface area contributed by atoms with Crippen molar-refractivity contribution in [2.45, 2.75) is 38.2 Å². The van der Waals surface area contributed by atoms with Crippen molar-refractivity contribution in [3.63, 3.8) is 0 Å². The molecular formula is C15H22BrNO2. The van der Waals surface area contributed by atoms with E-state index in [9.17, 15) is 0 Å². The van der Waals surface area contributed by atoms with Gasteiger partial charge in [0.05, 0.1) is 12.7 Å². The minimum Gasteiger partial charge on any atom is -0.494 e. The van der Waals surface area contributed by atoms with Gasteiger partial charge in [-0.25, -0.2) is 0 Å². The number of hydrogen-bond acceptors (Lipinski definition) is 3. The molecular weight excluding hydrogens is 306 g/mol. The molecule has 106 valence electrons. The molecule has 1 aliphatic heterocycles. The molecule has 1 heterocycles. The lowest BCUT2D eigenvalue weighted by atomic mass is 10.1. The van der Waals surface area contributed by atoms with Crippen LogP contribution < -0.4 is 10.5 Å². The van der Waals surface area contributed by atoms with Gasteiger partial charge in [0.2, 0.25) is 0 Å². The predicted octanol–water partition coefficient (Wildman–Crippen LogP) is 3.29. The smallest absolute Gasteiger partial charge is 0.119 e. The fourth-order valence-electron chi connectivity index (χ4n) is 2.36. The molecule has 1 unspecified atom stereocenters. The molecule has 3 nitrogen and oxygen atoms in total. The fourth-order valence-corrected chi connectivity index (χ4v) is 2.81. The molecule has 4 heteroatoms. The summed E-state index contributed by atoms with van der Waals surface area (Å²) < 4.78 is 12.5. The highest BCUT2D eigenvalue weighted by Crippen LogP contribution is 2.23. The summed E-state index contributed by atoms with van der Waals surface area (Å²) in [6.45, 7) is 2.34. The Morgan fingerprint density at radius 3 is 3.05 bits per heavy atom. The Hall–Kier alpha value is -0.580. The van der Waals surface area contributed by atoms with Crippen LogP contribution in [0.2, 0.25) is 0 Å². The summed E-state index contributed by atoms with van der Waals surface area (Å²) in [6, 6.07) is 6.10. The van der Waals surface area contributed by atoms with Gasteiger partial charge in [0.15, 0.2) is 0 Å². The van der Waals surface area contributed by atoms with Crippen LogP contribution in [0.15, 0.2) is 22.7 Å². The zero-order valence-electron chi connectivity index (χ0n) is 11.2. The van der Waals surface area contributed by atoms with Crippen LogP contribution in [-0.4, -0.2) is 25.9 Å². The summed E-state index contributed by atoms with van der Waals surface area (Å²) in [5, 5.41) is 0. The van der Waals surface area contributed by atoms with Crippen molar-refractivity contribution in [3.8, 4) is 5.75 Å². The van der Waals surface area contributed by atoms with Gasteiger partial charge < -0.3 is 15.2 Å². The highest BCUT2D eigenvalue weighted by molar-refractivity contribution is 9.10. The topological polar surface area (TPSA) is 44.5 Å².